The van der Waals surface area contributed by atoms with Gasteiger partial charge in [0.15, 0.2) is 0 Å². The van der Waals surface area contributed by atoms with E-state index in [9.17, 15) is 4.79 Å². The maximum atomic E-state index is 12.5. The number of benzene rings is 1. The fourth-order valence-electron chi connectivity index (χ4n) is 2.36. The standard InChI is InChI=1S/C15H22N2O2S/c1-4-16(5-2)15(18)17-8-9-20-14-7-6-13(19-3)10-12(14)11-17/h6-7,10H,4-5,8-9,11H2,1-3H3. The molecule has 110 valence electrons. The highest BCUT2D eigenvalue weighted by Crippen LogP contribution is 2.30. The smallest absolute Gasteiger partial charge is 0.320 e. The normalized spacial score (nSPS) is 14.4. The molecule has 1 aromatic carbocycles. The van der Waals surface area contributed by atoms with Crippen LogP contribution in [0.4, 0.5) is 4.79 Å². The number of urea groups is 1. The van der Waals surface area contributed by atoms with Gasteiger partial charge >= 0.3 is 6.03 Å². The van der Waals surface area contributed by atoms with Crippen molar-refractivity contribution in [3.05, 3.63) is 23.8 Å². The Kier molecular flexibility index (Phi) is 5.17. The van der Waals surface area contributed by atoms with Crippen LogP contribution in [0.3, 0.4) is 0 Å². The number of fused-ring (bicyclic) bond motifs is 1. The highest BCUT2D eigenvalue weighted by molar-refractivity contribution is 7.99. The first-order chi connectivity index (χ1) is 9.69. The Morgan fingerprint density at radius 1 is 1.40 bits per heavy atom. The molecule has 1 aliphatic heterocycles. The maximum absolute atomic E-state index is 12.5. The Morgan fingerprint density at radius 3 is 2.80 bits per heavy atom. The summed E-state index contributed by atoms with van der Waals surface area (Å²) in [7, 11) is 1.67. The maximum Gasteiger partial charge on any atom is 0.320 e. The summed E-state index contributed by atoms with van der Waals surface area (Å²) in [6.45, 7) is 7.00. The number of nitrogens with zero attached hydrogens (tertiary/aromatic N) is 2. The van der Waals surface area contributed by atoms with Crippen LogP contribution >= 0.6 is 11.8 Å². The molecule has 0 atom stereocenters. The van der Waals surface area contributed by atoms with Crippen LogP contribution in [0.25, 0.3) is 0 Å². The number of ether oxygens (including phenoxy) is 1. The van der Waals surface area contributed by atoms with Gasteiger partial charge in [0.1, 0.15) is 5.75 Å². The SMILES string of the molecule is CCN(CC)C(=O)N1CCSc2ccc(OC)cc2C1. The van der Waals surface area contributed by atoms with Gasteiger partial charge in [-0.05, 0) is 37.6 Å². The van der Waals surface area contributed by atoms with Gasteiger partial charge in [-0.15, -0.1) is 11.8 Å². The second-order valence-electron chi connectivity index (χ2n) is 4.70. The average molecular weight is 294 g/mol. The van der Waals surface area contributed by atoms with Gasteiger partial charge in [-0.25, -0.2) is 4.79 Å². The topological polar surface area (TPSA) is 32.8 Å². The monoisotopic (exact) mass is 294 g/mol. The molecule has 0 saturated carbocycles. The Bertz CT molecular complexity index is 475. The van der Waals surface area contributed by atoms with Crippen LogP contribution in [0.15, 0.2) is 23.1 Å². The summed E-state index contributed by atoms with van der Waals surface area (Å²) in [5, 5.41) is 0. The van der Waals surface area contributed by atoms with Gasteiger partial charge in [-0.1, -0.05) is 0 Å². The summed E-state index contributed by atoms with van der Waals surface area (Å²) in [5.41, 5.74) is 1.17. The van der Waals surface area contributed by atoms with E-state index in [2.05, 4.69) is 6.07 Å². The zero-order valence-electron chi connectivity index (χ0n) is 12.4. The van der Waals surface area contributed by atoms with Crippen LogP contribution < -0.4 is 4.74 Å². The molecule has 5 heteroatoms. The van der Waals surface area contributed by atoms with Crippen molar-refractivity contribution in [2.45, 2.75) is 25.3 Å². The van der Waals surface area contributed by atoms with Gasteiger partial charge in [-0.3, -0.25) is 0 Å². The van der Waals surface area contributed by atoms with E-state index in [1.807, 2.05) is 47.5 Å². The molecule has 0 aromatic heterocycles. The predicted octanol–water partition coefficient (Wildman–Crippen LogP) is 3.06. The molecular weight excluding hydrogens is 272 g/mol. The van der Waals surface area contributed by atoms with Gasteiger partial charge in [0, 0.05) is 36.8 Å². The Morgan fingerprint density at radius 2 is 2.15 bits per heavy atom. The van der Waals surface area contributed by atoms with Gasteiger partial charge in [0.05, 0.1) is 7.11 Å². The number of carbonyl (C=O) groups is 1. The van der Waals surface area contributed by atoms with Crippen LogP contribution in [0, 0.1) is 0 Å². The van der Waals surface area contributed by atoms with Crippen molar-refractivity contribution in [2.75, 3.05) is 32.5 Å². The first-order valence-electron chi connectivity index (χ1n) is 7.03. The summed E-state index contributed by atoms with van der Waals surface area (Å²) >= 11 is 1.81. The Balaban J connectivity index is 2.20. The van der Waals surface area contributed by atoms with Gasteiger partial charge in [0.2, 0.25) is 0 Å². The molecule has 0 N–H and O–H groups in total. The van der Waals surface area contributed by atoms with Gasteiger partial charge in [-0.2, -0.15) is 0 Å². The fraction of sp³-hybridized carbons (Fsp3) is 0.533. The minimum absolute atomic E-state index is 0.131. The van der Waals surface area contributed by atoms with Crippen LogP contribution in [0.1, 0.15) is 19.4 Å². The highest BCUT2D eigenvalue weighted by Gasteiger charge is 2.22. The molecule has 20 heavy (non-hydrogen) atoms. The number of carbonyl (C=O) groups excluding carboxylic acids is 1. The molecule has 1 heterocycles. The van der Waals surface area contributed by atoms with E-state index < -0.39 is 0 Å². The lowest BCUT2D eigenvalue weighted by atomic mass is 10.2. The molecule has 2 amide bonds. The fourth-order valence-corrected chi connectivity index (χ4v) is 3.36. The van der Waals surface area contributed by atoms with Crippen LogP contribution in [0.5, 0.6) is 5.75 Å². The molecule has 0 saturated heterocycles. The first-order valence-corrected chi connectivity index (χ1v) is 8.01. The lowest BCUT2D eigenvalue weighted by Crippen LogP contribution is -2.43. The second-order valence-corrected chi connectivity index (χ2v) is 5.84. The average Bonchev–Trinajstić information content (AvgIpc) is 2.69. The van der Waals surface area contributed by atoms with E-state index >= 15 is 0 Å². The molecule has 0 fully saturated rings. The number of thioether (sulfide) groups is 1. The van der Waals surface area contributed by atoms with Crippen LogP contribution in [-0.2, 0) is 6.54 Å². The van der Waals surface area contributed by atoms with E-state index in [1.54, 1.807) is 7.11 Å². The van der Waals surface area contributed by atoms with Crippen molar-refractivity contribution in [1.29, 1.82) is 0 Å². The largest absolute Gasteiger partial charge is 0.497 e. The number of hydrogen-bond acceptors (Lipinski definition) is 3. The molecule has 0 unspecified atom stereocenters. The summed E-state index contributed by atoms with van der Waals surface area (Å²) in [6, 6.07) is 6.24. The van der Waals surface area contributed by atoms with Crippen molar-refractivity contribution in [2.24, 2.45) is 0 Å². The molecule has 2 rings (SSSR count). The lowest BCUT2D eigenvalue weighted by molar-refractivity contribution is 0.157. The van der Waals surface area contributed by atoms with E-state index in [4.69, 9.17) is 4.74 Å². The minimum atomic E-state index is 0.131. The predicted molar refractivity (Wildman–Crippen MR) is 82.4 cm³/mol. The summed E-state index contributed by atoms with van der Waals surface area (Å²) < 4.78 is 5.28. The molecule has 1 aromatic rings. The lowest BCUT2D eigenvalue weighted by Gasteiger charge is -2.28. The summed E-state index contributed by atoms with van der Waals surface area (Å²) in [4.78, 5) is 17.5. The zero-order valence-corrected chi connectivity index (χ0v) is 13.2. The molecule has 0 radical (unpaired) electrons. The number of hydrogen-bond donors (Lipinski definition) is 0. The number of rotatable bonds is 3. The zero-order chi connectivity index (χ0) is 14.5. The summed E-state index contributed by atoms with van der Waals surface area (Å²) in [6.07, 6.45) is 0. The minimum Gasteiger partial charge on any atom is -0.497 e. The molecule has 0 bridgehead atoms. The van der Waals surface area contributed by atoms with Crippen molar-refractivity contribution in [3.8, 4) is 5.75 Å². The summed E-state index contributed by atoms with van der Waals surface area (Å²) in [5.74, 6) is 1.79. The third-order valence-electron chi connectivity index (χ3n) is 3.55. The molecule has 4 nitrogen and oxygen atoms in total. The molecule has 0 spiro atoms. The molecular formula is C15H22N2O2S. The number of methoxy groups -OCH3 is 1. The van der Waals surface area contributed by atoms with Crippen LogP contribution in [0.2, 0.25) is 0 Å². The Labute approximate surface area is 125 Å². The van der Waals surface area contributed by atoms with E-state index in [0.29, 0.717) is 6.54 Å². The quantitative estimate of drug-likeness (QED) is 0.859. The van der Waals surface area contributed by atoms with Crippen molar-refractivity contribution in [1.82, 2.24) is 9.80 Å². The third-order valence-corrected chi connectivity index (χ3v) is 4.65. The van der Waals surface area contributed by atoms with E-state index in [-0.39, 0.29) is 6.03 Å². The molecule has 0 aliphatic carbocycles. The van der Waals surface area contributed by atoms with Crippen molar-refractivity contribution < 1.29 is 9.53 Å². The molecule has 1 aliphatic rings. The number of amides is 2. The van der Waals surface area contributed by atoms with Crippen molar-refractivity contribution in [3.63, 3.8) is 0 Å². The Hall–Kier alpha value is -1.36. The van der Waals surface area contributed by atoms with Gasteiger partial charge in [0.25, 0.3) is 0 Å². The van der Waals surface area contributed by atoms with Gasteiger partial charge < -0.3 is 14.5 Å². The van der Waals surface area contributed by atoms with E-state index in [1.165, 1.54) is 10.5 Å². The van der Waals surface area contributed by atoms with Crippen LogP contribution in [-0.4, -0.2) is 48.3 Å². The third kappa shape index (κ3) is 3.20. The highest BCUT2D eigenvalue weighted by atomic mass is 32.2. The second kappa shape index (κ2) is 6.88. The first kappa shape index (κ1) is 15.0. The van der Waals surface area contributed by atoms with Crippen molar-refractivity contribution >= 4 is 17.8 Å². The van der Waals surface area contributed by atoms with E-state index in [0.717, 1.165) is 31.1 Å².